The summed E-state index contributed by atoms with van der Waals surface area (Å²) in [6, 6.07) is 7.59. The fraction of sp³-hybridized carbons (Fsp3) is 0.571. The number of rotatable bonds is 6. The van der Waals surface area contributed by atoms with Gasteiger partial charge in [-0.2, -0.15) is 4.31 Å². The number of sulfonamides is 1. The Morgan fingerprint density at radius 2 is 2.11 bits per heavy atom. The Kier molecular flexibility index (Phi) is 4.28. The molecule has 0 bridgehead atoms. The quantitative estimate of drug-likeness (QED) is 0.869. The molecule has 0 heterocycles. The van der Waals surface area contributed by atoms with E-state index in [0.717, 1.165) is 18.4 Å². The van der Waals surface area contributed by atoms with Crippen LogP contribution in [0.15, 0.2) is 29.2 Å². The molecule has 0 aromatic heterocycles. The maximum absolute atomic E-state index is 12.6. The molecule has 106 valence electrons. The van der Waals surface area contributed by atoms with Crippen LogP contribution in [-0.4, -0.2) is 32.4 Å². The van der Waals surface area contributed by atoms with Crippen LogP contribution in [0.3, 0.4) is 0 Å². The topological polar surface area (TPSA) is 49.4 Å². The molecule has 1 N–H and O–H groups in total. The molecule has 1 saturated carbocycles. The van der Waals surface area contributed by atoms with Gasteiger partial charge in [-0.15, -0.1) is 0 Å². The summed E-state index contributed by atoms with van der Waals surface area (Å²) in [5.74, 6) is 0. The van der Waals surface area contributed by atoms with Crippen molar-refractivity contribution in [2.24, 2.45) is 0 Å². The fourth-order valence-corrected chi connectivity index (χ4v) is 3.98. The second-order valence-electron chi connectivity index (χ2n) is 5.02. The standard InChI is InChI=1S/C14H22N2O2S/c1-4-16(13-8-9-13)19(17,18)14-7-5-6-12(10-14)11(2)15-3/h5-7,10-11,13,15H,4,8-9H2,1-3H3. The van der Waals surface area contributed by atoms with Crippen LogP contribution in [0.2, 0.25) is 0 Å². The highest BCUT2D eigenvalue weighted by Crippen LogP contribution is 2.32. The van der Waals surface area contributed by atoms with Crippen molar-refractivity contribution in [2.75, 3.05) is 13.6 Å². The Morgan fingerprint density at radius 3 is 2.63 bits per heavy atom. The summed E-state index contributed by atoms with van der Waals surface area (Å²) in [7, 11) is -1.48. The predicted molar refractivity (Wildman–Crippen MR) is 76.5 cm³/mol. The lowest BCUT2D eigenvalue weighted by atomic mass is 10.1. The van der Waals surface area contributed by atoms with E-state index in [1.54, 1.807) is 16.4 Å². The molecule has 1 unspecified atom stereocenters. The monoisotopic (exact) mass is 282 g/mol. The van der Waals surface area contributed by atoms with E-state index in [9.17, 15) is 8.42 Å². The van der Waals surface area contributed by atoms with E-state index in [4.69, 9.17) is 0 Å². The first-order valence-electron chi connectivity index (χ1n) is 6.79. The predicted octanol–water partition coefficient (Wildman–Crippen LogP) is 2.14. The van der Waals surface area contributed by atoms with Crippen LogP contribution in [0.1, 0.15) is 38.3 Å². The van der Waals surface area contributed by atoms with E-state index in [0.29, 0.717) is 11.4 Å². The summed E-state index contributed by atoms with van der Waals surface area (Å²) in [4.78, 5) is 0.404. The van der Waals surface area contributed by atoms with Crippen molar-refractivity contribution in [3.8, 4) is 0 Å². The Morgan fingerprint density at radius 1 is 1.42 bits per heavy atom. The molecule has 1 aliphatic carbocycles. The van der Waals surface area contributed by atoms with E-state index < -0.39 is 10.0 Å². The molecule has 0 radical (unpaired) electrons. The second-order valence-corrected chi connectivity index (χ2v) is 6.91. The van der Waals surface area contributed by atoms with Gasteiger partial charge in [0.2, 0.25) is 10.0 Å². The summed E-state index contributed by atoms with van der Waals surface area (Å²) in [5.41, 5.74) is 0.996. The van der Waals surface area contributed by atoms with Gasteiger partial charge in [-0.05, 0) is 44.5 Å². The van der Waals surface area contributed by atoms with Crippen molar-refractivity contribution in [3.63, 3.8) is 0 Å². The minimum atomic E-state index is -3.35. The van der Waals surface area contributed by atoms with Gasteiger partial charge in [0, 0.05) is 18.6 Å². The lowest BCUT2D eigenvalue weighted by Crippen LogP contribution is -2.33. The van der Waals surface area contributed by atoms with Crippen LogP contribution < -0.4 is 5.32 Å². The third kappa shape index (κ3) is 2.99. The number of nitrogens with zero attached hydrogens (tertiary/aromatic N) is 1. The lowest BCUT2D eigenvalue weighted by Gasteiger charge is -2.21. The molecule has 1 atom stereocenters. The summed E-state index contributed by atoms with van der Waals surface area (Å²) < 4.78 is 26.8. The Hall–Kier alpha value is -0.910. The lowest BCUT2D eigenvalue weighted by molar-refractivity contribution is 0.421. The fourth-order valence-electron chi connectivity index (χ4n) is 2.23. The molecule has 1 aromatic carbocycles. The zero-order chi connectivity index (χ0) is 14.0. The van der Waals surface area contributed by atoms with Gasteiger partial charge in [-0.1, -0.05) is 19.1 Å². The van der Waals surface area contributed by atoms with Crippen molar-refractivity contribution in [2.45, 2.75) is 43.7 Å². The van der Waals surface area contributed by atoms with Crippen molar-refractivity contribution < 1.29 is 8.42 Å². The average Bonchev–Trinajstić information content (AvgIpc) is 3.23. The third-order valence-electron chi connectivity index (χ3n) is 3.66. The highest BCUT2D eigenvalue weighted by molar-refractivity contribution is 7.89. The molecule has 1 fully saturated rings. The molecular weight excluding hydrogens is 260 g/mol. The molecule has 0 aliphatic heterocycles. The van der Waals surface area contributed by atoms with Gasteiger partial charge in [0.05, 0.1) is 4.90 Å². The largest absolute Gasteiger partial charge is 0.313 e. The smallest absolute Gasteiger partial charge is 0.243 e. The first-order chi connectivity index (χ1) is 9.00. The zero-order valence-corrected chi connectivity index (χ0v) is 12.6. The minimum Gasteiger partial charge on any atom is -0.313 e. The van der Waals surface area contributed by atoms with Crippen LogP contribution in [0.5, 0.6) is 0 Å². The summed E-state index contributed by atoms with van der Waals surface area (Å²) in [6.45, 7) is 4.46. The molecule has 0 amide bonds. The molecule has 0 saturated heterocycles. The molecule has 1 aliphatic rings. The highest BCUT2D eigenvalue weighted by Gasteiger charge is 2.36. The van der Waals surface area contributed by atoms with Crippen molar-refractivity contribution in [1.82, 2.24) is 9.62 Å². The molecule has 19 heavy (non-hydrogen) atoms. The zero-order valence-electron chi connectivity index (χ0n) is 11.8. The maximum atomic E-state index is 12.6. The highest BCUT2D eigenvalue weighted by atomic mass is 32.2. The first kappa shape index (κ1) is 14.5. The Balaban J connectivity index is 2.34. The molecule has 4 nitrogen and oxygen atoms in total. The van der Waals surface area contributed by atoms with E-state index in [1.807, 2.05) is 33.0 Å². The number of benzene rings is 1. The minimum absolute atomic E-state index is 0.145. The van der Waals surface area contributed by atoms with Gasteiger partial charge >= 0.3 is 0 Å². The average molecular weight is 282 g/mol. The van der Waals surface area contributed by atoms with E-state index in [2.05, 4.69) is 5.32 Å². The van der Waals surface area contributed by atoms with Crippen LogP contribution in [-0.2, 0) is 10.0 Å². The number of nitrogens with one attached hydrogen (secondary N) is 1. The van der Waals surface area contributed by atoms with E-state index >= 15 is 0 Å². The van der Waals surface area contributed by atoms with Crippen LogP contribution in [0, 0.1) is 0 Å². The van der Waals surface area contributed by atoms with Crippen molar-refractivity contribution in [3.05, 3.63) is 29.8 Å². The van der Waals surface area contributed by atoms with Gasteiger partial charge in [0.25, 0.3) is 0 Å². The number of hydrogen-bond acceptors (Lipinski definition) is 3. The van der Waals surface area contributed by atoms with E-state index in [1.165, 1.54) is 0 Å². The first-order valence-corrected chi connectivity index (χ1v) is 8.23. The van der Waals surface area contributed by atoms with Crippen LogP contribution >= 0.6 is 0 Å². The van der Waals surface area contributed by atoms with Gasteiger partial charge in [-0.3, -0.25) is 0 Å². The number of hydrogen-bond donors (Lipinski definition) is 1. The molecule has 5 heteroatoms. The third-order valence-corrected chi connectivity index (χ3v) is 5.69. The summed E-state index contributed by atoms with van der Waals surface area (Å²) in [5, 5.41) is 3.13. The van der Waals surface area contributed by atoms with Gasteiger partial charge in [-0.25, -0.2) is 8.42 Å². The van der Waals surface area contributed by atoms with Crippen molar-refractivity contribution in [1.29, 1.82) is 0 Å². The second kappa shape index (κ2) is 5.61. The summed E-state index contributed by atoms with van der Waals surface area (Å²) in [6.07, 6.45) is 1.97. The SMILES string of the molecule is CCN(C1CC1)S(=O)(=O)c1cccc(C(C)NC)c1. The normalized spacial score (nSPS) is 17.7. The molecule has 1 aromatic rings. The molecular formula is C14H22N2O2S. The van der Waals surface area contributed by atoms with E-state index in [-0.39, 0.29) is 12.1 Å². The van der Waals surface area contributed by atoms with Gasteiger partial charge in [0.1, 0.15) is 0 Å². The maximum Gasteiger partial charge on any atom is 0.243 e. The Labute approximate surface area is 115 Å². The Bertz CT molecular complexity index is 538. The van der Waals surface area contributed by atoms with Crippen LogP contribution in [0.25, 0.3) is 0 Å². The molecule has 0 spiro atoms. The van der Waals surface area contributed by atoms with Gasteiger partial charge in [0.15, 0.2) is 0 Å². The van der Waals surface area contributed by atoms with Crippen LogP contribution in [0.4, 0.5) is 0 Å². The van der Waals surface area contributed by atoms with Gasteiger partial charge < -0.3 is 5.32 Å². The van der Waals surface area contributed by atoms with Crippen molar-refractivity contribution >= 4 is 10.0 Å². The molecule has 2 rings (SSSR count). The summed E-state index contributed by atoms with van der Waals surface area (Å²) >= 11 is 0.